The molecule has 0 bridgehead atoms. The van der Waals surface area contributed by atoms with E-state index in [1.54, 1.807) is 0 Å². The third-order valence-corrected chi connectivity index (χ3v) is 6.18. The molecule has 0 unspecified atom stereocenters. The van der Waals surface area contributed by atoms with Gasteiger partial charge in [0.05, 0.1) is 19.6 Å². The van der Waals surface area contributed by atoms with E-state index < -0.39 is 11.8 Å². The van der Waals surface area contributed by atoms with Gasteiger partial charge in [-0.1, -0.05) is 36.9 Å². The molecule has 8 heteroatoms. The number of nitrogens with zero attached hydrogens (tertiary/aromatic N) is 1. The van der Waals surface area contributed by atoms with E-state index >= 15 is 0 Å². The van der Waals surface area contributed by atoms with Crippen LogP contribution in [0.3, 0.4) is 0 Å². The molecule has 0 spiro atoms. The zero-order chi connectivity index (χ0) is 20.7. The predicted molar refractivity (Wildman–Crippen MR) is 107 cm³/mol. The molecule has 1 amide bonds. The molecule has 6 nitrogen and oxygen atoms in total. The van der Waals surface area contributed by atoms with Gasteiger partial charge in [0.1, 0.15) is 5.82 Å². The minimum absolute atomic E-state index is 0.0532. The Morgan fingerprint density at radius 2 is 1.93 bits per heavy atom. The fourth-order valence-electron chi connectivity index (χ4n) is 4.21. The van der Waals surface area contributed by atoms with Gasteiger partial charge in [-0.25, -0.2) is 4.39 Å². The summed E-state index contributed by atoms with van der Waals surface area (Å²) in [5, 5.41) is 3.10. The fraction of sp³-hybridized carbons (Fsp3) is 0.619. The fourth-order valence-corrected chi connectivity index (χ4v) is 4.44. The molecule has 1 aliphatic carbocycles. The van der Waals surface area contributed by atoms with Crippen LogP contribution in [-0.2, 0) is 25.5 Å². The van der Waals surface area contributed by atoms with Gasteiger partial charge in [0.2, 0.25) is 0 Å². The Hall–Kier alpha value is -1.70. The minimum atomic E-state index is -0.687. The van der Waals surface area contributed by atoms with Gasteiger partial charge in [-0.15, -0.1) is 0 Å². The molecule has 1 aromatic carbocycles. The first-order valence-corrected chi connectivity index (χ1v) is 10.6. The van der Waals surface area contributed by atoms with Crippen molar-refractivity contribution in [3.8, 4) is 0 Å². The van der Waals surface area contributed by atoms with Crippen molar-refractivity contribution in [1.29, 1.82) is 0 Å². The van der Waals surface area contributed by atoms with Crippen molar-refractivity contribution >= 4 is 23.5 Å². The third-order valence-electron chi connectivity index (χ3n) is 5.83. The number of nitrogens with one attached hydrogen (secondary N) is 1. The normalized spacial score (nSPS) is 19.5. The largest absolute Gasteiger partial charge is 0.455 e. The Labute approximate surface area is 175 Å². The van der Waals surface area contributed by atoms with Crippen LogP contribution in [0.1, 0.15) is 37.7 Å². The van der Waals surface area contributed by atoms with E-state index in [9.17, 15) is 14.0 Å². The van der Waals surface area contributed by atoms with Gasteiger partial charge in [0.25, 0.3) is 5.91 Å². The van der Waals surface area contributed by atoms with Gasteiger partial charge < -0.3 is 14.8 Å². The zero-order valence-corrected chi connectivity index (χ0v) is 17.3. The van der Waals surface area contributed by atoms with Crippen LogP contribution in [-0.4, -0.2) is 61.8 Å². The standard InChI is InChI=1S/C21H28ClFN2O4/c22-17-5-4-6-18(23)16(17)13-20(27)29-14-19(26)24-15-21(7-2-1-3-8-21)25-9-11-28-12-10-25/h4-6H,1-3,7-15H2,(H,24,26). The lowest BCUT2D eigenvalue weighted by atomic mass is 9.79. The molecule has 1 aliphatic heterocycles. The number of carbonyl (C=O) groups is 2. The monoisotopic (exact) mass is 426 g/mol. The Morgan fingerprint density at radius 1 is 1.21 bits per heavy atom. The average Bonchev–Trinajstić information content (AvgIpc) is 2.75. The molecular weight excluding hydrogens is 399 g/mol. The number of hydrogen-bond donors (Lipinski definition) is 1. The summed E-state index contributed by atoms with van der Waals surface area (Å²) in [6.45, 7) is 3.31. The van der Waals surface area contributed by atoms with Crippen molar-refractivity contribution in [3.63, 3.8) is 0 Å². The molecule has 2 aliphatic rings. The van der Waals surface area contributed by atoms with Gasteiger partial charge >= 0.3 is 5.97 Å². The van der Waals surface area contributed by atoms with Gasteiger partial charge in [0, 0.05) is 35.8 Å². The smallest absolute Gasteiger partial charge is 0.310 e. The number of halogens is 2. The number of benzene rings is 1. The van der Waals surface area contributed by atoms with Crippen molar-refractivity contribution in [2.75, 3.05) is 39.5 Å². The van der Waals surface area contributed by atoms with Crippen LogP contribution in [0.15, 0.2) is 18.2 Å². The average molecular weight is 427 g/mol. The molecule has 0 atom stereocenters. The Morgan fingerprint density at radius 3 is 2.62 bits per heavy atom. The lowest BCUT2D eigenvalue weighted by molar-refractivity contribution is -0.148. The SMILES string of the molecule is O=C(COC(=O)Cc1c(F)cccc1Cl)NCC1(N2CCOCC2)CCCCC1. The molecule has 0 aromatic heterocycles. The third kappa shape index (κ3) is 5.90. The number of esters is 1. The number of ether oxygens (including phenoxy) is 2. The number of carbonyl (C=O) groups excluding carboxylic acids is 2. The molecule has 29 heavy (non-hydrogen) atoms. The highest BCUT2D eigenvalue weighted by atomic mass is 35.5. The van der Waals surface area contributed by atoms with E-state index in [1.165, 1.54) is 24.6 Å². The van der Waals surface area contributed by atoms with Crippen molar-refractivity contribution in [2.45, 2.75) is 44.1 Å². The number of morpholine rings is 1. The summed E-state index contributed by atoms with van der Waals surface area (Å²) in [5.41, 5.74) is 0.0237. The summed E-state index contributed by atoms with van der Waals surface area (Å²) >= 11 is 5.92. The second kappa shape index (κ2) is 10.4. The van der Waals surface area contributed by atoms with E-state index in [0.717, 1.165) is 38.8 Å². The molecule has 1 N–H and O–H groups in total. The quantitative estimate of drug-likeness (QED) is 0.679. The molecule has 2 fully saturated rings. The number of hydrogen-bond acceptors (Lipinski definition) is 5. The Bertz CT molecular complexity index is 698. The van der Waals surface area contributed by atoms with E-state index in [-0.39, 0.29) is 35.1 Å². The molecule has 1 heterocycles. The second-order valence-electron chi connectivity index (χ2n) is 7.70. The first-order valence-electron chi connectivity index (χ1n) is 10.2. The summed E-state index contributed by atoms with van der Waals surface area (Å²) in [4.78, 5) is 26.7. The van der Waals surface area contributed by atoms with Crippen LogP contribution >= 0.6 is 11.6 Å². The summed E-state index contributed by atoms with van der Waals surface area (Å²) in [7, 11) is 0. The Balaban J connectivity index is 1.48. The molecule has 160 valence electrons. The van der Waals surface area contributed by atoms with Gasteiger partial charge in [-0.2, -0.15) is 0 Å². The maximum absolute atomic E-state index is 13.8. The first-order chi connectivity index (χ1) is 14.0. The highest BCUT2D eigenvalue weighted by Crippen LogP contribution is 2.33. The lowest BCUT2D eigenvalue weighted by Gasteiger charge is -2.48. The highest BCUT2D eigenvalue weighted by molar-refractivity contribution is 6.31. The van der Waals surface area contributed by atoms with Crippen LogP contribution in [0.2, 0.25) is 5.02 Å². The second-order valence-corrected chi connectivity index (χ2v) is 8.11. The summed E-state index contributed by atoms with van der Waals surface area (Å²) in [6.07, 6.45) is 5.28. The molecule has 1 saturated carbocycles. The van der Waals surface area contributed by atoms with E-state index in [1.807, 2.05) is 0 Å². The van der Waals surface area contributed by atoms with Gasteiger partial charge in [-0.05, 0) is 25.0 Å². The van der Waals surface area contributed by atoms with Crippen LogP contribution in [0.5, 0.6) is 0 Å². The van der Waals surface area contributed by atoms with Crippen LogP contribution in [0.4, 0.5) is 4.39 Å². The van der Waals surface area contributed by atoms with E-state index in [0.29, 0.717) is 19.8 Å². The van der Waals surface area contributed by atoms with E-state index in [4.69, 9.17) is 21.1 Å². The first kappa shape index (κ1) is 22.0. The van der Waals surface area contributed by atoms with Gasteiger partial charge in [0.15, 0.2) is 6.61 Å². The molecular formula is C21H28ClFN2O4. The van der Waals surface area contributed by atoms with Crippen molar-refractivity contribution < 1.29 is 23.5 Å². The molecule has 1 aromatic rings. The summed E-state index contributed by atoms with van der Waals surface area (Å²) < 4.78 is 24.3. The zero-order valence-electron chi connectivity index (χ0n) is 16.6. The van der Waals surface area contributed by atoms with Crippen molar-refractivity contribution in [2.24, 2.45) is 0 Å². The minimum Gasteiger partial charge on any atom is -0.455 e. The van der Waals surface area contributed by atoms with Crippen LogP contribution in [0, 0.1) is 5.82 Å². The van der Waals surface area contributed by atoms with Crippen molar-refractivity contribution in [3.05, 3.63) is 34.6 Å². The molecule has 0 radical (unpaired) electrons. The molecule has 3 rings (SSSR count). The maximum Gasteiger partial charge on any atom is 0.310 e. The lowest BCUT2D eigenvalue weighted by Crippen LogP contribution is -2.59. The van der Waals surface area contributed by atoms with Crippen LogP contribution in [0.25, 0.3) is 0 Å². The predicted octanol–water partition coefficient (Wildman–Crippen LogP) is 2.72. The van der Waals surface area contributed by atoms with E-state index in [2.05, 4.69) is 10.2 Å². The highest BCUT2D eigenvalue weighted by Gasteiger charge is 2.38. The number of rotatable bonds is 7. The van der Waals surface area contributed by atoms with Gasteiger partial charge in [-0.3, -0.25) is 14.5 Å². The topological polar surface area (TPSA) is 67.9 Å². The summed E-state index contributed by atoms with van der Waals surface area (Å²) in [6, 6.07) is 4.21. The van der Waals surface area contributed by atoms with Crippen molar-refractivity contribution in [1.82, 2.24) is 10.2 Å². The Kier molecular flexibility index (Phi) is 7.86. The molecule has 1 saturated heterocycles. The number of amides is 1. The van der Waals surface area contributed by atoms with Crippen LogP contribution < -0.4 is 5.32 Å². The summed E-state index contributed by atoms with van der Waals surface area (Å²) in [5.74, 6) is -1.60. The maximum atomic E-state index is 13.8.